The molecule has 2 aromatic rings. The maximum absolute atomic E-state index is 13.8. The minimum absolute atomic E-state index is 0.0271. The van der Waals surface area contributed by atoms with E-state index in [1.165, 1.54) is 36.8 Å². The first-order valence-electron chi connectivity index (χ1n) is 9.74. The number of hydrogen-bond donors (Lipinski definition) is 5. The van der Waals surface area contributed by atoms with E-state index in [2.05, 4.69) is 39.4 Å². The fourth-order valence-corrected chi connectivity index (χ4v) is 2.72. The van der Waals surface area contributed by atoms with Crippen molar-refractivity contribution in [1.82, 2.24) is 31.2 Å². The number of hydroxylamine groups is 1. The van der Waals surface area contributed by atoms with Gasteiger partial charge in [0, 0.05) is 31.4 Å². The maximum Gasteiger partial charge on any atom is 0.315 e. The van der Waals surface area contributed by atoms with Crippen molar-refractivity contribution in [3.05, 3.63) is 53.3 Å². The summed E-state index contributed by atoms with van der Waals surface area (Å²) in [6, 6.07) is 2.72. The number of benzene rings is 1. The molecule has 0 aliphatic carbocycles. The number of halogens is 2. The molecular formula is C22H22F2N6O4. The van der Waals surface area contributed by atoms with Crippen LogP contribution in [-0.4, -0.2) is 57.9 Å². The first-order valence-corrected chi connectivity index (χ1v) is 9.74. The van der Waals surface area contributed by atoms with Gasteiger partial charge in [0.25, 0.3) is 18.2 Å². The summed E-state index contributed by atoms with van der Waals surface area (Å²) >= 11 is 0. The van der Waals surface area contributed by atoms with E-state index in [-0.39, 0.29) is 5.56 Å². The van der Waals surface area contributed by atoms with E-state index in [1.807, 2.05) is 5.32 Å². The fraction of sp³-hybridized carbons (Fsp3) is 0.273. The highest BCUT2D eigenvalue weighted by atomic mass is 19.3. The van der Waals surface area contributed by atoms with E-state index in [4.69, 9.17) is 5.21 Å². The molecule has 2 atom stereocenters. The van der Waals surface area contributed by atoms with Gasteiger partial charge in [-0.1, -0.05) is 5.92 Å². The maximum atomic E-state index is 13.8. The Morgan fingerprint density at radius 1 is 1.12 bits per heavy atom. The highest BCUT2D eigenvalue weighted by Crippen LogP contribution is 2.21. The molecule has 1 unspecified atom stereocenters. The van der Waals surface area contributed by atoms with Gasteiger partial charge in [-0.3, -0.25) is 19.5 Å². The zero-order chi connectivity index (χ0) is 25.3. The summed E-state index contributed by atoms with van der Waals surface area (Å²) in [7, 11) is 2.95. The Hall–Kier alpha value is -4.42. The van der Waals surface area contributed by atoms with Gasteiger partial charge in [0.1, 0.15) is 11.6 Å². The lowest BCUT2D eigenvalue weighted by Crippen LogP contribution is -2.69. The van der Waals surface area contributed by atoms with Crippen LogP contribution in [0, 0.1) is 23.7 Å². The van der Waals surface area contributed by atoms with Gasteiger partial charge in [0.15, 0.2) is 0 Å². The molecule has 1 aromatic heterocycles. The molecule has 1 aromatic carbocycles. The van der Waals surface area contributed by atoms with Crippen molar-refractivity contribution in [3.63, 3.8) is 0 Å². The first kappa shape index (κ1) is 25.8. The minimum Gasteiger partial charge on any atom is -0.341 e. The van der Waals surface area contributed by atoms with Crippen molar-refractivity contribution in [2.24, 2.45) is 7.05 Å². The number of alkyl halides is 2. The van der Waals surface area contributed by atoms with Crippen LogP contribution >= 0.6 is 0 Å². The number of aromatic nitrogens is 2. The first-order chi connectivity index (χ1) is 16.1. The highest BCUT2D eigenvalue weighted by Gasteiger charge is 2.48. The number of hydrogen-bond acceptors (Lipinski definition) is 5. The number of nitrogens with one attached hydrogen (secondary N) is 4. The van der Waals surface area contributed by atoms with Crippen LogP contribution in [0.1, 0.15) is 28.4 Å². The molecule has 0 saturated heterocycles. The number of nitrogens with zero attached hydrogens (tertiary/aromatic N) is 2. The van der Waals surface area contributed by atoms with Crippen LogP contribution in [0.2, 0.25) is 0 Å². The quantitative estimate of drug-likeness (QED) is 0.235. The molecule has 5 N–H and O–H groups in total. The van der Waals surface area contributed by atoms with E-state index in [9.17, 15) is 23.2 Å². The Labute approximate surface area is 194 Å². The molecule has 0 aliphatic heterocycles. The molecule has 0 spiro atoms. The van der Waals surface area contributed by atoms with Crippen LogP contribution in [0.5, 0.6) is 0 Å². The zero-order valence-electron chi connectivity index (χ0n) is 18.4. The van der Waals surface area contributed by atoms with Crippen molar-refractivity contribution in [3.8, 4) is 23.7 Å². The van der Waals surface area contributed by atoms with Crippen molar-refractivity contribution < 1.29 is 28.4 Å². The van der Waals surface area contributed by atoms with Gasteiger partial charge in [-0.2, -0.15) is 5.10 Å². The number of aryl methyl sites for hydroxylation is 1. The predicted octanol–water partition coefficient (Wildman–Crippen LogP) is 0.380. The molecule has 0 fully saturated rings. The van der Waals surface area contributed by atoms with Gasteiger partial charge in [0.2, 0.25) is 0 Å². The summed E-state index contributed by atoms with van der Waals surface area (Å²) in [5.41, 5.74) is -0.0550. The summed E-state index contributed by atoms with van der Waals surface area (Å²) in [4.78, 5) is 36.3. The number of amides is 4. The minimum atomic E-state index is -3.28. The van der Waals surface area contributed by atoms with Crippen LogP contribution in [0.15, 0.2) is 36.7 Å². The Balaban J connectivity index is 2.18. The summed E-state index contributed by atoms with van der Waals surface area (Å²) in [5.74, 6) is 8.70. The Morgan fingerprint density at radius 3 is 2.24 bits per heavy atom. The van der Waals surface area contributed by atoms with E-state index >= 15 is 0 Å². The number of carbonyl (C=O) groups excluding carboxylic acids is 3. The van der Waals surface area contributed by atoms with Crippen LogP contribution in [0.25, 0.3) is 0 Å². The topological polar surface area (TPSA) is 137 Å². The highest BCUT2D eigenvalue weighted by molar-refractivity contribution is 5.98. The molecule has 178 valence electrons. The van der Waals surface area contributed by atoms with Crippen molar-refractivity contribution >= 4 is 17.8 Å². The summed E-state index contributed by atoms with van der Waals surface area (Å²) in [5, 5.41) is 19.1. The summed E-state index contributed by atoms with van der Waals surface area (Å²) < 4.78 is 29.2. The lowest BCUT2D eigenvalue weighted by atomic mass is 9.91. The summed E-state index contributed by atoms with van der Waals surface area (Å²) in [6.45, 7) is 0.859. The molecule has 0 radical (unpaired) electrons. The van der Waals surface area contributed by atoms with Crippen LogP contribution in [0.3, 0.4) is 0 Å². The lowest BCUT2D eigenvalue weighted by molar-refractivity contribution is -0.135. The predicted molar refractivity (Wildman–Crippen MR) is 117 cm³/mol. The third kappa shape index (κ3) is 6.54. The van der Waals surface area contributed by atoms with Gasteiger partial charge in [-0.25, -0.2) is 19.1 Å². The van der Waals surface area contributed by atoms with Gasteiger partial charge in [-0.15, -0.1) is 0 Å². The van der Waals surface area contributed by atoms with Gasteiger partial charge in [-0.05, 0) is 49.0 Å². The molecule has 2 rings (SSSR count). The average Bonchev–Trinajstić information content (AvgIpc) is 3.24. The monoisotopic (exact) mass is 472 g/mol. The molecule has 0 aliphatic rings. The smallest absolute Gasteiger partial charge is 0.315 e. The summed E-state index contributed by atoms with van der Waals surface area (Å²) in [6.07, 6.45) is 0.0448. The third-order valence-corrected chi connectivity index (χ3v) is 4.64. The lowest BCUT2D eigenvalue weighted by Gasteiger charge is -2.36. The van der Waals surface area contributed by atoms with Crippen molar-refractivity contribution in [2.45, 2.75) is 24.9 Å². The standard InChI is InChI=1S/C22H22F2N6O4/c1-22(20(23)24,28-21(33)25-2)17(19(32)29-34)27-18(31)16-10-8-14(9-11-16)6-4-5-7-15-12-26-30(3)13-15/h8-13,17,20,34H,1-3H3,(H,27,31)(H,29,32)(H2,25,28,33)/t17-,22?/m1/s1. The molecule has 1 heterocycles. The Morgan fingerprint density at radius 2 is 1.74 bits per heavy atom. The second kappa shape index (κ2) is 11.4. The third-order valence-electron chi connectivity index (χ3n) is 4.64. The second-order valence-electron chi connectivity index (χ2n) is 7.15. The van der Waals surface area contributed by atoms with Crippen molar-refractivity contribution in [2.75, 3.05) is 7.05 Å². The Bertz CT molecular complexity index is 1170. The number of rotatable bonds is 6. The molecule has 0 saturated carbocycles. The SMILES string of the molecule is CNC(=O)NC(C)(C(F)F)[C@H](NC(=O)c1ccc(C#CC#Cc2cnn(C)c2)cc1)C(=O)NO. The van der Waals surface area contributed by atoms with E-state index in [1.54, 1.807) is 24.1 Å². The fourth-order valence-electron chi connectivity index (χ4n) is 2.72. The van der Waals surface area contributed by atoms with Crippen LogP contribution in [-0.2, 0) is 11.8 Å². The van der Waals surface area contributed by atoms with Crippen LogP contribution in [0.4, 0.5) is 13.6 Å². The second-order valence-corrected chi connectivity index (χ2v) is 7.15. The van der Waals surface area contributed by atoms with E-state index in [0.29, 0.717) is 11.1 Å². The van der Waals surface area contributed by atoms with Crippen molar-refractivity contribution in [1.29, 1.82) is 0 Å². The molecule has 0 bridgehead atoms. The average molecular weight is 472 g/mol. The Kier molecular flexibility index (Phi) is 8.70. The molecular weight excluding hydrogens is 450 g/mol. The van der Waals surface area contributed by atoms with E-state index in [0.717, 1.165) is 6.92 Å². The van der Waals surface area contributed by atoms with Gasteiger partial charge < -0.3 is 16.0 Å². The zero-order valence-corrected chi connectivity index (χ0v) is 18.4. The van der Waals surface area contributed by atoms with Gasteiger partial charge in [0.05, 0.1) is 11.8 Å². The normalized spacial score (nSPS) is 12.7. The molecule has 4 amide bonds. The van der Waals surface area contributed by atoms with Crippen LogP contribution < -0.4 is 21.4 Å². The molecule has 10 nitrogen and oxygen atoms in total. The number of urea groups is 1. The largest absolute Gasteiger partial charge is 0.341 e. The van der Waals surface area contributed by atoms with E-state index < -0.39 is 35.9 Å². The number of carbonyl (C=O) groups is 3. The molecule has 12 heteroatoms. The molecule has 34 heavy (non-hydrogen) atoms. The van der Waals surface area contributed by atoms with Gasteiger partial charge >= 0.3 is 6.03 Å².